The summed E-state index contributed by atoms with van der Waals surface area (Å²) in [4.78, 5) is 0. The van der Waals surface area contributed by atoms with Gasteiger partial charge in [-0.15, -0.1) is 0 Å². The molecule has 0 unspecified atom stereocenters. The summed E-state index contributed by atoms with van der Waals surface area (Å²) in [6.07, 6.45) is 0.0159. The van der Waals surface area contributed by atoms with Crippen LogP contribution >= 0.6 is 11.9 Å². The molecule has 2 aromatic rings. The molecule has 25 heavy (non-hydrogen) atoms. The van der Waals surface area contributed by atoms with E-state index in [2.05, 4.69) is 56.7 Å². The van der Waals surface area contributed by atoms with E-state index in [0.29, 0.717) is 6.61 Å². The molecule has 0 aliphatic rings. The van der Waals surface area contributed by atoms with Gasteiger partial charge in [0, 0.05) is 4.75 Å². The number of methoxy groups -OCH3 is 1. The molecular weight excluding hydrogens is 330 g/mol. The Morgan fingerprint density at radius 3 is 2.40 bits per heavy atom. The predicted octanol–water partition coefficient (Wildman–Crippen LogP) is 5.38. The number of hydrogen-bond donors (Lipinski definition) is 1. The van der Waals surface area contributed by atoms with Crippen molar-refractivity contribution < 1.29 is 9.47 Å². The largest absolute Gasteiger partial charge is 0.497 e. The maximum Gasteiger partial charge on any atom is 0.119 e. The van der Waals surface area contributed by atoms with Crippen LogP contribution in [0.25, 0.3) is 0 Å². The second-order valence-electron chi connectivity index (χ2n) is 7.09. The minimum Gasteiger partial charge on any atom is -0.497 e. The number of rotatable bonds is 8. The summed E-state index contributed by atoms with van der Waals surface area (Å²) in [5.41, 5.74) is 2.35. The van der Waals surface area contributed by atoms with Crippen LogP contribution in [0.5, 0.6) is 5.75 Å². The molecule has 0 bridgehead atoms. The van der Waals surface area contributed by atoms with Crippen molar-refractivity contribution in [2.24, 2.45) is 0 Å². The lowest BCUT2D eigenvalue weighted by molar-refractivity contribution is 0.0324. The van der Waals surface area contributed by atoms with E-state index < -0.39 is 0 Å². The Morgan fingerprint density at radius 1 is 1.04 bits per heavy atom. The third-order valence-corrected chi connectivity index (χ3v) is 4.75. The van der Waals surface area contributed by atoms with Crippen molar-refractivity contribution in [1.82, 2.24) is 4.72 Å². The first-order valence-electron chi connectivity index (χ1n) is 8.62. The van der Waals surface area contributed by atoms with E-state index in [4.69, 9.17) is 9.47 Å². The van der Waals surface area contributed by atoms with Crippen molar-refractivity contribution in [1.29, 1.82) is 0 Å². The topological polar surface area (TPSA) is 30.5 Å². The van der Waals surface area contributed by atoms with E-state index in [1.165, 1.54) is 5.56 Å². The molecule has 0 saturated heterocycles. The summed E-state index contributed by atoms with van der Waals surface area (Å²) in [6.45, 7) is 9.31. The summed E-state index contributed by atoms with van der Waals surface area (Å²) >= 11 is 1.73. The number of ether oxygens (including phenoxy) is 2. The van der Waals surface area contributed by atoms with E-state index in [0.717, 1.165) is 11.3 Å². The molecule has 136 valence electrons. The molecule has 0 saturated carbocycles. The third kappa shape index (κ3) is 6.73. The zero-order valence-electron chi connectivity index (χ0n) is 15.8. The van der Waals surface area contributed by atoms with Crippen LogP contribution in [0.1, 0.15) is 44.9 Å². The highest BCUT2D eigenvalue weighted by Gasteiger charge is 2.23. The SMILES string of the molecule is COc1cccc([C@H](NSC(C)(C)C)[C@H](C)OCc2ccccc2)c1. The second kappa shape index (κ2) is 9.27. The van der Waals surface area contributed by atoms with Gasteiger partial charge in [-0.2, -0.15) is 0 Å². The number of nitrogens with one attached hydrogen (secondary N) is 1. The first kappa shape index (κ1) is 19.8. The molecule has 4 heteroatoms. The van der Waals surface area contributed by atoms with Gasteiger partial charge in [0.25, 0.3) is 0 Å². The first-order valence-corrected chi connectivity index (χ1v) is 9.44. The lowest BCUT2D eigenvalue weighted by atomic mass is 10.0. The Bertz CT molecular complexity index is 640. The van der Waals surface area contributed by atoms with Crippen molar-refractivity contribution in [2.75, 3.05) is 7.11 Å². The first-order chi connectivity index (χ1) is 11.9. The van der Waals surface area contributed by atoms with E-state index in [1.54, 1.807) is 19.1 Å². The van der Waals surface area contributed by atoms with E-state index in [9.17, 15) is 0 Å². The van der Waals surface area contributed by atoms with Gasteiger partial charge in [-0.05, 0) is 51.0 Å². The minimum absolute atomic E-state index is 0.0159. The second-order valence-corrected chi connectivity index (χ2v) is 8.75. The van der Waals surface area contributed by atoms with Crippen molar-refractivity contribution >= 4 is 11.9 Å². The Labute approximate surface area is 156 Å². The Kier molecular flexibility index (Phi) is 7.36. The van der Waals surface area contributed by atoms with Crippen LogP contribution in [-0.2, 0) is 11.3 Å². The molecule has 0 radical (unpaired) electrons. The van der Waals surface area contributed by atoms with Crippen LogP contribution in [0.3, 0.4) is 0 Å². The average molecular weight is 360 g/mol. The van der Waals surface area contributed by atoms with Crippen molar-refractivity contribution in [2.45, 2.75) is 51.2 Å². The van der Waals surface area contributed by atoms with Gasteiger partial charge in [-0.3, -0.25) is 4.72 Å². The third-order valence-electron chi connectivity index (χ3n) is 3.77. The molecular formula is C21H29NO2S. The summed E-state index contributed by atoms with van der Waals surface area (Å²) in [5.74, 6) is 0.861. The average Bonchev–Trinajstić information content (AvgIpc) is 2.60. The maximum absolute atomic E-state index is 6.17. The fourth-order valence-electron chi connectivity index (χ4n) is 2.41. The van der Waals surface area contributed by atoms with Crippen molar-refractivity contribution in [3.63, 3.8) is 0 Å². The van der Waals surface area contributed by atoms with Crippen LogP contribution in [0.2, 0.25) is 0 Å². The summed E-state index contributed by atoms with van der Waals surface area (Å²) in [5, 5.41) is 0. The van der Waals surface area contributed by atoms with Gasteiger partial charge in [-0.1, -0.05) is 54.4 Å². The van der Waals surface area contributed by atoms with Gasteiger partial charge in [-0.25, -0.2) is 0 Å². The molecule has 0 fully saturated rings. The van der Waals surface area contributed by atoms with Gasteiger partial charge in [0.15, 0.2) is 0 Å². The normalized spacial score (nSPS) is 14.1. The summed E-state index contributed by atoms with van der Waals surface area (Å²) < 4.78 is 15.3. The van der Waals surface area contributed by atoms with E-state index >= 15 is 0 Å². The lowest BCUT2D eigenvalue weighted by Crippen LogP contribution is -2.31. The fraction of sp³-hybridized carbons (Fsp3) is 0.429. The molecule has 3 nitrogen and oxygen atoms in total. The van der Waals surface area contributed by atoms with Crippen LogP contribution in [0.4, 0.5) is 0 Å². The monoisotopic (exact) mass is 359 g/mol. The van der Waals surface area contributed by atoms with Crippen LogP contribution < -0.4 is 9.46 Å². The molecule has 0 spiro atoms. The molecule has 2 aromatic carbocycles. The highest BCUT2D eigenvalue weighted by molar-refractivity contribution is 7.98. The summed E-state index contributed by atoms with van der Waals surface area (Å²) in [6, 6.07) is 18.5. The van der Waals surface area contributed by atoms with Crippen molar-refractivity contribution in [3.8, 4) is 5.75 Å². The van der Waals surface area contributed by atoms with Crippen LogP contribution in [0, 0.1) is 0 Å². The zero-order chi connectivity index (χ0) is 18.3. The molecule has 0 heterocycles. The standard InChI is InChI=1S/C21H29NO2S/c1-16(24-15-17-10-7-6-8-11-17)20(22-25-21(2,3)4)18-12-9-13-19(14-18)23-5/h6-14,16,20,22H,15H2,1-5H3/t16-,20+/m0/s1. The quantitative estimate of drug-likeness (QED) is 0.641. The molecule has 0 aromatic heterocycles. The zero-order valence-corrected chi connectivity index (χ0v) is 16.6. The Hall–Kier alpha value is -1.49. The van der Waals surface area contributed by atoms with E-state index in [-0.39, 0.29) is 16.9 Å². The minimum atomic E-state index is 0.0159. The molecule has 2 rings (SSSR count). The van der Waals surface area contributed by atoms with Gasteiger partial charge in [0.2, 0.25) is 0 Å². The molecule has 0 amide bonds. The Morgan fingerprint density at radius 2 is 1.76 bits per heavy atom. The smallest absolute Gasteiger partial charge is 0.119 e. The van der Waals surface area contributed by atoms with Gasteiger partial charge in [0.1, 0.15) is 5.75 Å². The highest BCUT2D eigenvalue weighted by Crippen LogP contribution is 2.29. The molecule has 0 aliphatic carbocycles. The van der Waals surface area contributed by atoms with E-state index in [1.807, 2.05) is 30.3 Å². The molecule has 1 N–H and O–H groups in total. The maximum atomic E-state index is 6.17. The van der Waals surface area contributed by atoms with Gasteiger partial charge >= 0.3 is 0 Å². The number of hydrogen-bond acceptors (Lipinski definition) is 4. The number of benzene rings is 2. The van der Waals surface area contributed by atoms with Gasteiger partial charge < -0.3 is 9.47 Å². The summed E-state index contributed by atoms with van der Waals surface area (Å²) in [7, 11) is 1.70. The molecule has 2 atom stereocenters. The molecule has 0 aliphatic heterocycles. The Balaban J connectivity index is 2.11. The fourth-order valence-corrected chi connectivity index (χ4v) is 3.22. The van der Waals surface area contributed by atoms with Crippen molar-refractivity contribution in [3.05, 3.63) is 65.7 Å². The highest BCUT2D eigenvalue weighted by atomic mass is 32.2. The van der Waals surface area contributed by atoms with Crippen LogP contribution in [-0.4, -0.2) is 18.0 Å². The van der Waals surface area contributed by atoms with Crippen LogP contribution in [0.15, 0.2) is 54.6 Å². The van der Waals surface area contributed by atoms with Gasteiger partial charge in [0.05, 0.1) is 25.9 Å². The predicted molar refractivity (Wildman–Crippen MR) is 107 cm³/mol. The lowest BCUT2D eigenvalue weighted by Gasteiger charge is -2.29.